The Kier molecular flexibility index (Phi) is 5.68. The van der Waals surface area contributed by atoms with Crippen LogP contribution in [0, 0.1) is 5.92 Å². The fourth-order valence-electron chi connectivity index (χ4n) is 2.69. The minimum absolute atomic E-state index is 0.0146. The summed E-state index contributed by atoms with van der Waals surface area (Å²) in [4.78, 5) is 25.6. The molecule has 3 atom stereocenters. The highest BCUT2D eigenvalue weighted by Gasteiger charge is 2.41. The first-order valence-corrected chi connectivity index (χ1v) is 8.22. The molecule has 2 fully saturated rings. The molecule has 0 aromatic rings. The third-order valence-corrected chi connectivity index (χ3v) is 4.80. The van der Waals surface area contributed by atoms with E-state index in [0.29, 0.717) is 13.2 Å². The normalized spacial score (nSPS) is 30.1. The zero-order valence-electron chi connectivity index (χ0n) is 11.7. The Morgan fingerprint density at radius 3 is 2.85 bits per heavy atom. The average molecular weight is 302 g/mol. The van der Waals surface area contributed by atoms with Crippen LogP contribution in [-0.2, 0) is 14.3 Å². The second-order valence-corrected chi connectivity index (χ2v) is 6.31. The van der Waals surface area contributed by atoms with Crippen molar-refractivity contribution < 1.29 is 19.4 Å². The second-order valence-electron chi connectivity index (χ2n) is 5.16. The van der Waals surface area contributed by atoms with Crippen LogP contribution in [0.5, 0.6) is 0 Å². The predicted octanol–water partition coefficient (Wildman–Crippen LogP) is 0.0296. The summed E-state index contributed by atoms with van der Waals surface area (Å²) >= 11 is 1.76. The van der Waals surface area contributed by atoms with Crippen molar-refractivity contribution >= 4 is 23.6 Å². The Morgan fingerprint density at radius 2 is 2.25 bits per heavy atom. The molecule has 7 heteroatoms. The second kappa shape index (κ2) is 7.28. The van der Waals surface area contributed by atoms with Crippen molar-refractivity contribution in [3.63, 3.8) is 0 Å². The first-order chi connectivity index (χ1) is 9.65. The maximum Gasteiger partial charge on any atom is 0.311 e. The highest BCUT2D eigenvalue weighted by atomic mass is 32.2. The summed E-state index contributed by atoms with van der Waals surface area (Å²) in [6.45, 7) is 3.92. The summed E-state index contributed by atoms with van der Waals surface area (Å²) in [5, 5.41) is 12.5. The SMILES string of the molecule is CCCN(C(=O)C1CSCCN1)C1COCC1C(=O)O. The third kappa shape index (κ3) is 3.45. The fraction of sp³-hybridized carbons (Fsp3) is 0.846. The number of carboxylic acid groups (broad SMARTS) is 1. The minimum Gasteiger partial charge on any atom is -0.481 e. The molecule has 2 aliphatic rings. The molecule has 0 bridgehead atoms. The van der Waals surface area contributed by atoms with Gasteiger partial charge in [-0.3, -0.25) is 9.59 Å². The lowest BCUT2D eigenvalue weighted by atomic mass is 10.0. The van der Waals surface area contributed by atoms with Crippen molar-refractivity contribution in [1.29, 1.82) is 0 Å². The summed E-state index contributed by atoms with van der Waals surface area (Å²) in [5.74, 6) is 0.293. The summed E-state index contributed by atoms with van der Waals surface area (Å²) in [5.41, 5.74) is 0. The van der Waals surface area contributed by atoms with E-state index in [1.54, 1.807) is 16.7 Å². The summed E-state index contributed by atoms with van der Waals surface area (Å²) in [6.07, 6.45) is 0.814. The predicted molar refractivity (Wildman–Crippen MR) is 76.9 cm³/mol. The van der Waals surface area contributed by atoms with Gasteiger partial charge in [-0.2, -0.15) is 11.8 Å². The van der Waals surface area contributed by atoms with Gasteiger partial charge in [0.15, 0.2) is 0 Å². The number of thioether (sulfide) groups is 1. The number of amides is 1. The third-order valence-electron chi connectivity index (χ3n) is 3.74. The Bertz CT molecular complexity index is 360. The summed E-state index contributed by atoms with van der Waals surface area (Å²) in [6, 6.07) is -0.538. The maximum atomic E-state index is 12.6. The largest absolute Gasteiger partial charge is 0.481 e. The Labute approximate surface area is 123 Å². The number of nitrogens with one attached hydrogen (secondary N) is 1. The monoisotopic (exact) mass is 302 g/mol. The summed E-state index contributed by atoms with van der Waals surface area (Å²) in [7, 11) is 0. The molecule has 0 aliphatic carbocycles. The van der Waals surface area contributed by atoms with Gasteiger partial charge in [0.1, 0.15) is 5.92 Å². The zero-order chi connectivity index (χ0) is 14.5. The van der Waals surface area contributed by atoms with Gasteiger partial charge in [0.2, 0.25) is 5.91 Å². The van der Waals surface area contributed by atoms with Gasteiger partial charge < -0.3 is 20.1 Å². The van der Waals surface area contributed by atoms with Gasteiger partial charge in [-0.15, -0.1) is 0 Å². The van der Waals surface area contributed by atoms with Crippen molar-refractivity contribution in [2.75, 3.05) is 37.8 Å². The molecule has 2 aliphatic heterocycles. The number of aliphatic carboxylic acids is 1. The lowest BCUT2D eigenvalue weighted by molar-refractivity contribution is -0.145. The number of carbonyl (C=O) groups excluding carboxylic acids is 1. The lowest BCUT2D eigenvalue weighted by Gasteiger charge is -2.34. The van der Waals surface area contributed by atoms with E-state index in [2.05, 4.69) is 5.32 Å². The van der Waals surface area contributed by atoms with E-state index >= 15 is 0 Å². The molecule has 2 N–H and O–H groups in total. The molecule has 0 aromatic carbocycles. The first kappa shape index (κ1) is 15.6. The number of hydrogen-bond donors (Lipinski definition) is 2. The summed E-state index contributed by atoms with van der Waals surface area (Å²) < 4.78 is 5.30. The number of nitrogens with zero attached hydrogens (tertiary/aromatic N) is 1. The smallest absolute Gasteiger partial charge is 0.311 e. The van der Waals surface area contributed by atoms with Crippen LogP contribution in [0.3, 0.4) is 0 Å². The topological polar surface area (TPSA) is 78.9 Å². The molecular weight excluding hydrogens is 280 g/mol. The molecule has 0 radical (unpaired) electrons. The van der Waals surface area contributed by atoms with Crippen LogP contribution < -0.4 is 5.32 Å². The van der Waals surface area contributed by atoms with E-state index < -0.39 is 11.9 Å². The van der Waals surface area contributed by atoms with Crippen molar-refractivity contribution in [3.8, 4) is 0 Å². The van der Waals surface area contributed by atoms with Crippen LogP contribution >= 0.6 is 11.8 Å². The van der Waals surface area contributed by atoms with Gasteiger partial charge in [-0.25, -0.2) is 0 Å². The minimum atomic E-state index is -0.882. The van der Waals surface area contributed by atoms with Gasteiger partial charge >= 0.3 is 5.97 Å². The molecule has 0 saturated carbocycles. The highest BCUT2D eigenvalue weighted by Crippen LogP contribution is 2.22. The number of hydrogen-bond acceptors (Lipinski definition) is 5. The van der Waals surface area contributed by atoms with Crippen LogP contribution in [0.4, 0.5) is 0 Å². The van der Waals surface area contributed by atoms with Crippen LogP contribution in [0.1, 0.15) is 13.3 Å². The fourth-order valence-corrected chi connectivity index (χ4v) is 3.62. The lowest BCUT2D eigenvalue weighted by Crippen LogP contribution is -2.56. The molecular formula is C13H22N2O4S. The number of carbonyl (C=O) groups is 2. The van der Waals surface area contributed by atoms with E-state index in [1.807, 2.05) is 6.92 Å². The quantitative estimate of drug-likeness (QED) is 0.746. The van der Waals surface area contributed by atoms with Crippen molar-refractivity contribution in [2.45, 2.75) is 25.4 Å². The van der Waals surface area contributed by atoms with Crippen LogP contribution in [0.25, 0.3) is 0 Å². The Hall–Kier alpha value is -0.790. The van der Waals surface area contributed by atoms with E-state index in [9.17, 15) is 14.7 Å². The van der Waals surface area contributed by atoms with Gasteiger partial charge in [-0.05, 0) is 6.42 Å². The molecule has 2 heterocycles. The highest BCUT2D eigenvalue weighted by molar-refractivity contribution is 7.99. The Balaban J connectivity index is 2.08. The first-order valence-electron chi connectivity index (χ1n) is 7.07. The molecule has 0 spiro atoms. The number of ether oxygens (including phenoxy) is 1. The molecule has 114 valence electrons. The standard InChI is InChI=1S/C13H22N2O4S/c1-2-4-15(11-7-19-6-9(11)13(17)18)12(16)10-8-20-5-3-14-10/h9-11,14H,2-8H2,1H3,(H,17,18). The molecule has 0 aromatic heterocycles. The molecule has 1 amide bonds. The van der Waals surface area contributed by atoms with Gasteiger partial charge in [0, 0.05) is 24.6 Å². The van der Waals surface area contributed by atoms with Crippen LogP contribution in [0.2, 0.25) is 0 Å². The molecule has 2 rings (SSSR count). The van der Waals surface area contributed by atoms with E-state index in [1.165, 1.54) is 0 Å². The Morgan fingerprint density at radius 1 is 1.45 bits per heavy atom. The van der Waals surface area contributed by atoms with E-state index in [-0.39, 0.29) is 24.6 Å². The molecule has 2 saturated heterocycles. The maximum absolute atomic E-state index is 12.6. The average Bonchev–Trinajstić information content (AvgIpc) is 2.94. The van der Waals surface area contributed by atoms with Crippen molar-refractivity contribution in [2.24, 2.45) is 5.92 Å². The van der Waals surface area contributed by atoms with Gasteiger partial charge in [0.05, 0.1) is 25.3 Å². The zero-order valence-corrected chi connectivity index (χ0v) is 12.5. The van der Waals surface area contributed by atoms with Crippen LogP contribution in [-0.4, -0.2) is 71.8 Å². The van der Waals surface area contributed by atoms with E-state index in [4.69, 9.17) is 4.74 Å². The van der Waals surface area contributed by atoms with Crippen LogP contribution in [0.15, 0.2) is 0 Å². The van der Waals surface area contributed by atoms with Gasteiger partial charge in [0.25, 0.3) is 0 Å². The van der Waals surface area contributed by atoms with E-state index in [0.717, 1.165) is 24.5 Å². The molecule has 6 nitrogen and oxygen atoms in total. The van der Waals surface area contributed by atoms with Crippen molar-refractivity contribution in [1.82, 2.24) is 10.2 Å². The number of rotatable bonds is 5. The van der Waals surface area contributed by atoms with Gasteiger partial charge in [-0.1, -0.05) is 6.92 Å². The molecule has 3 unspecified atom stereocenters. The molecule has 20 heavy (non-hydrogen) atoms. The van der Waals surface area contributed by atoms with Crippen molar-refractivity contribution in [3.05, 3.63) is 0 Å². The number of carboxylic acids is 1.